The molecule has 5 nitrogen and oxygen atoms in total. The zero-order valence-electron chi connectivity index (χ0n) is 10.9. The summed E-state index contributed by atoms with van der Waals surface area (Å²) in [6, 6.07) is 13.8. The van der Waals surface area contributed by atoms with E-state index in [2.05, 4.69) is 10.1 Å². The molecule has 100 valence electrons. The van der Waals surface area contributed by atoms with Crippen LogP contribution < -0.4 is 5.73 Å². The molecule has 3 rings (SSSR count). The molecule has 0 spiro atoms. The summed E-state index contributed by atoms with van der Waals surface area (Å²) in [5.74, 6) is -0.376. The molecule has 2 aromatic heterocycles. The lowest BCUT2D eigenvalue weighted by Crippen LogP contribution is -2.14. The second-order valence-electron chi connectivity index (χ2n) is 4.64. The fraction of sp³-hybridized carbons (Fsp3) is 0.133. The normalized spacial score (nSPS) is 10.8. The maximum Gasteiger partial charge on any atom is 0.223 e. The van der Waals surface area contributed by atoms with Gasteiger partial charge in [0, 0.05) is 11.6 Å². The number of para-hydroxylation sites is 1. The molecular formula is C15H14N4O. The highest BCUT2D eigenvalue weighted by Gasteiger charge is 2.04. The Kier molecular flexibility index (Phi) is 3.16. The van der Waals surface area contributed by atoms with Crippen LogP contribution in [0.25, 0.3) is 10.9 Å². The summed E-state index contributed by atoms with van der Waals surface area (Å²) in [6.07, 6.45) is 1.99. The molecule has 0 aliphatic rings. The van der Waals surface area contributed by atoms with E-state index in [0.717, 1.165) is 16.6 Å². The smallest absolute Gasteiger partial charge is 0.223 e. The van der Waals surface area contributed by atoms with Crippen molar-refractivity contribution in [2.24, 2.45) is 5.73 Å². The molecule has 0 radical (unpaired) electrons. The average molecular weight is 266 g/mol. The Labute approximate surface area is 116 Å². The molecule has 0 bridgehead atoms. The van der Waals surface area contributed by atoms with Crippen LogP contribution in [-0.2, 0) is 17.8 Å². The van der Waals surface area contributed by atoms with Gasteiger partial charge in [-0.15, -0.1) is 0 Å². The van der Waals surface area contributed by atoms with E-state index >= 15 is 0 Å². The van der Waals surface area contributed by atoms with E-state index in [4.69, 9.17) is 5.73 Å². The van der Waals surface area contributed by atoms with Crippen LogP contribution in [0.1, 0.15) is 11.4 Å². The fourth-order valence-corrected chi connectivity index (χ4v) is 2.13. The SMILES string of the molecule is NC(=O)Cc1ccn(Cc2ccc3ccccc3n2)n1. The monoisotopic (exact) mass is 266 g/mol. The van der Waals surface area contributed by atoms with Crippen molar-refractivity contribution in [2.45, 2.75) is 13.0 Å². The van der Waals surface area contributed by atoms with E-state index in [-0.39, 0.29) is 12.3 Å². The summed E-state index contributed by atoms with van der Waals surface area (Å²) < 4.78 is 1.76. The maximum atomic E-state index is 10.8. The minimum atomic E-state index is -0.376. The van der Waals surface area contributed by atoms with E-state index in [0.29, 0.717) is 12.2 Å². The summed E-state index contributed by atoms with van der Waals surface area (Å²) in [7, 11) is 0. The first-order chi connectivity index (χ1) is 9.70. The maximum absolute atomic E-state index is 10.8. The number of rotatable bonds is 4. The minimum Gasteiger partial charge on any atom is -0.369 e. The first-order valence-electron chi connectivity index (χ1n) is 6.36. The lowest BCUT2D eigenvalue weighted by molar-refractivity contribution is -0.117. The highest BCUT2D eigenvalue weighted by molar-refractivity contribution is 5.78. The van der Waals surface area contributed by atoms with Crippen LogP contribution in [0.4, 0.5) is 0 Å². The number of nitrogens with zero attached hydrogens (tertiary/aromatic N) is 3. The number of fused-ring (bicyclic) bond motifs is 1. The van der Waals surface area contributed by atoms with Gasteiger partial charge in [0.05, 0.1) is 29.9 Å². The lowest BCUT2D eigenvalue weighted by atomic mass is 10.2. The van der Waals surface area contributed by atoms with E-state index in [1.54, 1.807) is 10.7 Å². The van der Waals surface area contributed by atoms with Crippen LogP contribution in [0.3, 0.4) is 0 Å². The topological polar surface area (TPSA) is 73.8 Å². The number of carbonyl (C=O) groups excluding carboxylic acids is 1. The highest BCUT2D eigenvalue weighted by atomic mass is 16.1. The van der Waals surface area contributed by atoms with E-state index in [9.17, 15) is 4.79 Å². The van der Waals surface area contributed by atoms with Crippen molar-refractivity contribution in [3.05, 3.63) is 60.0 Å². The second-order valence-corrected chi connectivity index (χ2v) is 4.64. The summed E-state index contributed by atoms with van der Waals surface area (Å²) in [5, 5.41) is 5.42. The Morgan fingerprint density at radius 2 is 1.95 bits per heavy atom. The van der Waals surface area contributed by atoms with Crippen LogP contribution in [-0.4, -0.2) is 20.7 Å². The molecule has 2 N–H and O–H groups in total. The number of hydrogen-bond acceptors (Lipinski definition) is 3. The summed E-state index contributed by atoms with van der Waals surface area (Å²) in [5.41, 5.74) is 7.72. The molecule has 2 heterocycles. The molecular weight excluding hydrogens is 252 g/mol. The number of primary amides is 1. The predicted octanol–water partition coefficient (Wildman–Crippen LogP) is 1.51. The van der Waals surface area contributed by atoms with E-state index in [1.165, 1.54) is 0 Å². The van der Waals surface area contributed by atoms with Crippen LogP contribution >= 0.6 is 0 Å². The third-order valence-electron chi connectivity index (χ3n) is 3.03. The van der Waals surface area contributed by atoms with Crippen molar-refractivity contribution in [1.82, 2.24) is 14.8 Å². The predicted molar refractivity (Wildman–Crippen MR) is 76.0 cm³/mol. The first kappa shape index (κ1) is 12.3. The van der Waals surface area contributed by atoms with Gasteiger partial charge >= 0.3 is 0 Å². The Morgan fingerprint density at radius 1 is 1.10 bits per heavy atom. The number of pyridine rings is 1. The molecule has 0 fully saturated rings. The molecule has 5 heteroatoms. The molecule has 0 saturated heterocycles. The van der Waals surface area contributed by atoms with Crippen molar-refractivity contribution >= 4 is 16.8 Å². The zero-order chi connectivity index (χ0) is 13.9. The summed E-state index contributed by atoms with van der Waals surface area (Å²) in [4.78, 5) is 15.4. The molecule has 1 aromatic carbocycles. The van der Waals surface area contributed by atoms with Crippen molar-refractivity contribution in [3.63, 3.8) is 0 Å². The van der Waals surface area contributed by atoms with Crippen LogP contribution in [0.15, 0.2) is 48.7 Å². The highest BCUT2D eigenvalue weighted by Crippen LogP contribution is 2.12. The van der Waals surface area contributed by atoms with Crippen LogP contribution in [0.5, 0.6) is 0 Å². The number of carbonyl (C=O) groups is 1. The van der Waals surface area contributed by atoms with Crippen LogP contribution in [0.2, 0.25) is 0 Å². The van der Waals surface area contributed by atoms with Crippen molar-refractivity contribution in [2.75, 3.05) is 0 Å². The van der Waals surface area contributed by atoms with Gasteiger partial charge in [-0.3, -0.25) is 14.5 Å². The largest absolute Gasteiger partial charge is 0.369 e. The van der Waals surface area contributed by atoms with Gasteiger partial charge in [0.1, 0.15) is 0 Å². The van der Waals surface area contributed by atoms with Gasteiger partial charge in [-0.2, -0.15) is 5.10 Å². The minimum absolute atomic E-state index is 0.165. The number of nitrogens with two attached hydrogens (primary N) is 1. The molecule has 0 saturated carbocycles. The van der Waals surface area contributed by atoms with Gasteiger partial charge in [0.15, 0.2) is 0 Å². The summed E-state index contributed by atoms with van der Waals surface area (Å²) in [6.45, 7) is 0.573. The number of benzene rings is 1. The molecule has 3 aromatic rings. The van der Waals surface area contributed by atoms with Gasteiger partial charge in [-0.25, -0.2) is 0 Å². The lowest BCUT2D eigenvalue weighted by Gasteiger charge is -2.03. The quantitative estimate of drug-likeness (QED) is 0.777. The average Bonchev–Trinajstić information content (AvgIpc) is 2.85. The second kappa shape index (κ2) is 5.13. The molecule has 0 unspecified atom stereocenters. The van der Waals surface area contributed by atoms with Gasteiger partial charge in [-0.1, -0.05) is 24.3 Å². The summed E-state index contributed by atoms with van der Waals surface area (Å²) >= 11 is 0. The van der Waals surface area contributed by atoms with Gasteiger partial charge in [0.25, 0.3) is 0 Å². The number of amides is 1. The zero-order valence-corrected chi connectivity index (χ0v) is 10.9. The third-order valence-corrected chi connectivity index (χ3v) is 3.03. The molecule has 0 atom stereocenters. The number of hydrogen-bond donors (Lipinski definition) is 1. The Bertz CT molecular complexity index is 763. The van der Waals surface area contributed by atoms with Crippen LogP contribution in [0, 0.1) is 0 Å². The molecule has 0 aliphatic heterocycles. The molecule has 1 amide bonds. The fourth-order valence-electron chi connectivity index (χ4n) is 2.13. The number of aromatic nitrogens is 3. The van der Waals surface area contributed by atoms with E-state index in [1.807, 2.05) is 42.6 Å². The van der Waals surface area contributed by atoms with Gasteiger partial charge in [0.2, 0.25) is 5.91 Å². The van der Waals surface area contributed by atoms with Crippen molar-refractivity contribution in [1.29, 1.82) is 0 Å². The Hall–Kier alpha value is -2.69. The Balaban J connectivity index is 1.81. The molecule has 20 heavy (non-hydrogen) atoms. The first-order valence-corrected chi connectivity index (χ1v) is 6.36. The van der Waals surface area contributed by atoms with Gasteiger partial charge in [-0.05, 0) is 18.2 Å². The van der Waals surface area contributed by atoms with Gasteiger partial charge < -0.3 is 5.73 Å². The van der Waals surface area contributed by atoms with Crippen molar-refractivity contribution < 1.29 is 4.79 Å². The molecule has 0 aliphatic carbocycles. The Morgan fingerprint density at radius 3 is 2.80 bits per heavy atom. The van der Waals surface area contributed by atoms with Crippen molar-refractivity contribution in [3.8, 4) is 0 Å². The standard InChI is InChI=1S/C15H14N4O/c16-15(20)9-12-7-8-19(18-12)10-13-6-5-11-3-1-2-4-14(11)17-13/h1-8H,9-10H2,(H2,16,20). The van der Waals surface area contributed by atoms with E-state index < -0.39 is 0 Å². The third kappa shape index (κ3) is 2.66.